The number of carboxylic acid groups (broad SMARTS) is 1. The van der Waals surface area contributed by atoms with Crippen LogP contribution in [-0.4, -0.2) is 20.6 Å². The van der Waals surface area contributed by atoms with E-state index in [1.165, 1.54) is 6.07 Å². The van der Waals surface area contributed by atoms with Crippen LogP contribution in [0.4, 0.5) is 0 Å². The van der Waals surface area contributed by atoms with Crippen LogP contribution in [0.2, 0.25) is 0 Å². The molecule has 0 spiro atoms. The lowest BCUT2D eigenvalue weighted by molar-refractivity contribution is 0.0691. The molecule has 0 aromatic carbocycles. The largest absolute Gasteiger partial charge is 0.477 e. The highest BCUT2D eigenvalue weighted by atomic mass is 79.9. The quantitative estimate of drug-likeness (QED) is 0.946. The molecule has 0 saturated heterocycles. The Morgan fingerprint density at radius 3 is 2.82 bits per heavy atom. The molecule has 0 amide bonds. The van der Waals surface area contributed by atoms with Crippen LogP contribution in [0.25, 0.3) is 11.0 Å². The number of hydrogen-bond donors (Lipinski definition) is 1. The van der Waals surface area contributed by atoms with E-state index in [0.29, 0.717) is 11.6 Å². The van der Waals surface area contributed by atoms with Crippen molar-refractivity contribution in [3.63, 3.8) is 0 Å². The van der Waals surface area contributed by atoms with Crippen LogP contribution in [0.1, 0.15) is 24.3 Å². The fraction of sp³-hybridized carbons (Fsp3) is 0.333. The van der Waals surface area contributed by atoms with Crippen LogP contribution < -0.4 is 0 Å². The minimum absolute atomic E-state index is 0.0770. The first-order valence-electron chi connectivity index (χ1n) is 5.37. The number of carboxylic acids is 1. The lowest BCUT2D eigenvalue weighted by Crippen LogP contribution is -2.06. The molecule has 0 aliphatic carbocycles. The van der Waals surface area contributed by atoms with E-state index in [0.717, 1.165) is 16.4 Å². The Morgan fingerprint density at radius 2 is 2.24 bits per heavy atom. The fourth-order valence-electron chi connectivity index (χ4n) is 1.77. The summed E-state index contributed by atoms with van der Waals surface area (Å²) in [4.78, 5) is 15.1. The summed E-state index contributed by atoms with van der Waals surface area (Å²) < 4.78 is 2.92. The summed E-state index contributed by atoms with van der Waals surface area (Å²) in [7, 11) is 0. The molecule has 0 unspecified atom stereocenters. The number of carbonyl (C=O) groups is 1. The third kappa shape index (κ3) is 2.34. The number of pyridine rings is 1. The van der Waals surface area contributed by atoms with Gasteiger partial charge in [-0.3, -0.25) is 0 Å². The van der Waals surface area contributed by atoms with Gasteiger partial charge in [0.1, 0.15) is 5.65 Å². The lowest BCUT2D eigenvalue weighted by atomic mass is 10.2. The van der Waals surface area contributed by atoms with Gasteiger partial charge < -0.3 is 9.67 Å². The van der Waals surface area contributed by atoms with Crippen LogP contribution in [0.5, 0.6) is 0 Å². The molecule has 0 aliphatic rings. The number of rotatable bonds is 3. The molecule has 2 aromatic rings. The monoisotopic (exact) mass is 296 g/mol. The van der Waals surface area contributed by atoms with Crippen LogP contribution in [0.15, 0.2) is 22.8 Å². The normalized spacial score (nSPS) is 11.3. The Labute approximate surface area is 107 Å². The van der Waals surface area contributed by atoms with E-state index >= 15 is 0 Å². The molecule has 2 rings (SSSR count). The number of fused-ring (bicyclic) bond motifs is 1. The Bertz CT molecular complexity index is 575. The van der Waals surface area contributed by atoms with E-state index in [1.807, 2.05) is 10.8 Å². The maximum atomic E-state index is 10.9. The van der Waals surface area contributed by atoms with Crippen molar-refractivity contribution in [2.24, 2.45) is 5.92 Å². The molecule has 2 heterocycles. The molecule has 17 heavy (non-hydrogen) atoms. The van der Waals surface area contributed by atoms with Gasteiger partial charge >= 0.3 is 5.97 Å². The first kappa shape index (κ1) is 12.1. The smallest absolute Gasteiger partial charge is 0.354 e. The van der Waals surface area contributed by atoms with Gasteiger partial charge in [0.2, 0.25) is 0 Å². The summed E-state index contributed by atoms with van der Waals surface area (Å²) in [5.41, 5.74) is 0.790. The molecule has 0 saturated carbocycles. The van der Waals surface area contributed by atoms with E-state index in [2.05, 4.69) is 34.8 Å². The van der Waals surface area contributed by atoms with Crippen molar-refractivity contribution in [2.75, 3.05) is 0 Å². The highest BCUT2D eigenvalue weighted by molar-refractivity contribution is 9.10. The topological polar surface area (TPSA) is 55.1 Å². The minimum atomic E-state index is -1.000. The predicted molar refractivity (Wildman–Crippen MR) is 69.2 cm³/mol. The second kappa shape index (κ2) is 4.49. The Balaban J connectivity index is 2.60. The molecular weight excluding hydrogens is 284 g/mol. The minimum Gasteiger partial charge on any atom is -0.477 e. The van der Waals surface area contributed by atoms with E-state index in [4.69, 9.17) is 5.11 Å². The number of halogens is 1. The maximum Gasteiger partial charge on any atom is 0.354 e. The van der Waals surface area contributed by atoms with Gasteiger partial charge in [-0.15, -0.1) is 0 Å². The van der Waals surface area contributed by atoms with Gasteiger partial charge in [0.05, 0.1) is 0 Å². The zero-order chi connectivity index (χ0) is 12.6. The Morgan fingerprint density at radius 1 is 1.53 bits per heavy atom. The maximum absolute atomic E-state index is 10.9. The summed E-state index contributed by atoms with van der Waals surface area (Å²) in [5, 5.41) is 9.88. The predicted octanol–water partition coefficient (Wildman–Crippen LogP) is 3.15. The molecular formula is C12H13BrN2O2. The van der Waals surface area contributed by atoms with Crippen molar-refractivity contribution < 1.29 is 9.90 Å². The molecule has 0 radical (unpaired) electrons. The molecule has 4 nitrogen and oxygen atoms in total. The van der Waals surface area contributed by atoms with Gasteiger partial charge in [0.15, 0.2) is 5.69 Å². The molecule has 0 atom stereocenters. The molecule has 90 valence electrons. The zero-order valence-electron chi connectivity index (χ0n) is 9.64. The molecule has 1 N–H and O–H groups in total. The van der Waals surface area contributed by atoms with Crippen molar-refractivity contribution in [2.45, 2.75) is 20.4 Å². The lowest BCUT2D eigenvalue weighted by Gasteiger charge is -2.07. The third-order valence-corrected chi connectivity index (χ3v) is 3.09. The second-order valence-electron chi connectivity index (χ2n) is 4.40. The van der Waals surface area contributed by atoms with Gasteiger partial charge in [-0.2, -0.15) is 0 Å². The zero-order valence-corrected chi connectivity index (χ0v) is 11.2. The number of nitrogens with zero attached hydrogens (tertiary/aromatic N) is 2. The summed E-state index contributed by atoms with van der Waals surface area (Å²) in [6.45, 7) is 5.04. The SMILES string of the molecule is CC(C)Cn1cc(Br)c2ccc(C(=O)O)nc21. The van der Waals surface area contributed by atoms with Gasteiger partial charge in [-0.25, -0.2) is 9.78 Å². The molecule has 0 fully saturated rings. The van der Waals surface area contributed by atoms with Crippen molar-refractivity contribution in [1.82, 2.24) is 9.55 Å². The summed E-state index contributed by atoms with van der Waals surface area (Å²) in [5.74, 6) is -0.520. The Hall–Kier alpha value is -1.36. The van der Waals surface area contributed by atoms with Crippen molar-refractivity contribution in [1.29, 1.82) is 0 Å². The highest BCUT2D eigenvalue weighted by Crippen LogP contribution is 2.25. The Kier molecular flexibility index (Phi) is 3.19. The molecule has 0 bridgehead atoms. The standard InChI is InChI=1S/C12H13BrN2O2/c1-7(2)5-15-6-9(13)8-3-4-10(12(16)17)14-11(8)15/h3-4,6-7H,5H2,1-2H3,(H,16,17). The van der Waals surface area contributed by atoms with Crippen LogP contribution in [0, 0.1) is 5.92 Å². The summed E-state index contributed by atoms with van der Waals surface area (Å²) in [6.07, 6.45) is 1.95. The van der Waals surface area contributed by atoms with Gasteiger partial charge in [-0.1, -0.05) is 13.8 Å². The molecule has 2 aromatic heterocycles. The first-order valence-corrected chi connectivity index (χ1v) is 6.17. The average molecular weight is 297 g/mol. The van der Waals surface area contributed by atoms with E-state index < -0.39 is 5.97 Å². The fourth-order valence-corrected chi connectivity index (χ4v) is 2.33. The van der Waals surface area contributed by atoms with Gasteiger partial charge in [0, 0.05) is 22.6 Å². The van der Waals surface area contributed by atoms with E-state index in [1.54, 1.807) is 6.07 Å². The van der Waals surface area contributed by atoms with Gasteiger partial charge in [-0.05, 0) is 34.0 Å². The molecule has 0 aliphatic heterocycles. The van der Waals surface area contributed by atoms with Crippen LogP contribution in [-0.2, 0) is 6.54 Å². The van der Waals surface area contributed by atoms with Crippen molar-refractivity contribution >= 4 is 32.9 Å². The third-order valence-electron chi connectivity index (χ3n) is 2.45. The summed E-state index contributed by atoms with van der Waals surface area (Å²) >= 11 is 3.46. The van der Waals surface area contributed by atoms with Crippen LogP contribution in [0.3, 0.4) is 0 Å². The van der Waals surface area contributed by atoms with Crippen LogP contribution >= 0.6 is 15.9 Å². The first-order chi connectivity index (χ1) is 7.99. The summed E-state index contributed by atoms with van der Waals surface area (Å²) in [6, 6.07) is 3.31. The number of hydrogen-bond acceptors (Lipinski definition) is 2. The van der Waals surface area contributed by atoms with E-state index in [9.17, 15) is 4.79 Å². The number of aromatic nitrogens is 2. The van der Waals surface area contributed by atoms with Gasteiger partial charge in [0.25, 0.3) is 0 Å². The second-order valence-corrected chi connectivity index (χ2v) is 5.25. The highest BCUT2D eigenvalue weighted by Gasteiger charge is 2.12. The van der Waals surface area contributed by atoms with Crippen molar-refractivity contribution in [3.8, 4) is 0 Å². The average Bonchev–Trinajstić information content (AvgIpc) is 2.54. The van der Waals surface area contributed by atoms with E-state index in [-0.39, 0.29) is 5.69 Å². The number of aromatic carboxylic acids is 1. The van der Waals surface area contributed by atoms with Crippen molar-refractivity contribution in [3.05, 3.63) is 28.5 Å². The molecule has 5 heteroatoms.